The van der Waals surface area contributed by atoms with Crippen molar-refractivity contribution in [2.45, 2.75) is 65.2 Å². The van der Waals surface area contributed by atoms with E-state index in [4.69, 9.17) is 0 Å². The molecule has 4 aliphatic carbocycles. The molecular weight excluding hydrogens is 328 g/mol. The second kappa shape index (κ2) is 6.33. The molecule has 1 heteroatoms. The van der Waals surface area contributed by atoms with E-state index in [2.05, 4.69) is 26.0 Å². The molecule has 0 aliphatic heterocycles. The Morgan fingerprint density at radius 2 is 1.74 bits per heavy atom. The van der Waals surface area contributed by atoms with Gasteiger partial charge in [0.25, 0.3) is 0 Å². The van der Waals surface area contributed by atoms with Gasteiger partial charge in [-0.1, -0.05) is 56.3 Å². The fourth-order valence-corrected chi connectivity index (χ4v) is 8.05. The molecule has 5 rings (SSSR count). The van der Waals surface area contributed by atoms with E-state index in [9.17, 15) is 4.79 Å². The van der Waals surface area contributed by atoms with Gasteiger partial charge in [-0.2, -0.15) is 0 Å². The van der Waals surface area contributed by atoms with Crippen molar-refractivity contribution in [3.63, 3.8) is 0 Å². The van der Waals surface area contributed by atoms with Gasteiger partial charge in [0.2, 0.25) is 0 Å². The summed E-state index contributed by atoms with van der Waals surface area (Å²) in [5, 5.41) is 0. The third kappa shape index (κ3) is 2.53. The third-order valence-corrected chi connectivity index (χ3v) is 9.50. The predicted molar refractivity (Wildman–Crippen MR) is 111 cm³/mol. The average Bonchev–Trinajstić information content (AvgIpc) is 3.05. The molecule has 0 amide bonds. The number of rotatable bonds is 2. The lowest BCUT2D eigenvalue weighted by atomic mass is 9.46. The molecule has 1 nitrogen and oxygen atoms in total. The van der Waals surface area contributed by atoms with Crippen LogP contribution in [0.1, 0.15) is 75.6 Å². The molecule has 1 aromatic rings. The fraction of sp³-hybridized carbons (Fsp3) is 0.654. The first kappa shape index (κ1) is 17.7. The largest absolute Gasteiger partial charge is 0.294 e. The van der Waals surface area contributed by atoms with Gasteiger partial charge in [-0.15, -0.1) is 0 Å². The number of hydrogen-bond donors (Lipinski definition) is 0. The Hall–Kier alpha value is -1.37. The molecule has 1 unspecified atom stereocenters. The molecule has 0 bridgehead atoms. The number of fused-ring (bicyclic) bond motifs is 5. The van der Waals surface area contributed by atoms with Crippen molar-refractivity contribution in [2.24, 2.45) is 40.4 Å². The Bertz CT molecular complexity index is 749. The Kier molecular flexibility index (Phi) is 4.15. The van der Waals surface area contributed by atoms with Gasteiger partial charge in [-0.25, -0.2) is 0 Å². The monoisotopic (exact) mass is 362 g/mol. The number of ketones is 1. The van der Waals surface area contributed by atoms with Crippen molar-refractivity contribution < 1.29 is 4.79 Å². The SMILES string of the molecule is C[C@]12C=CCC[C@H]1CC[C@@H]1[C@@H]2CC[C@]2(C)C(C(=O)c3ccccc3)CC[C@@H]12. The lowest BCUT2D eigenvalue weighted by Gasteiger charge is -2.59. The van der Waals surface area contributed by atoms with Crippen LogP contribution >= 0.6 is 0 Å². The van der Waals surface area contributed by atoms with Crippen molar-refractivity contribution in [3.05, 3.63) is 48.0 Å². The van der Waals surface area contributed by atoms with E-state index in [1.165, 1.54) is 44.9 Å². The summed E-state index contributed by atoms with van der Waals surface area (Å²) >= 11 is 0. The number of allylic oxidation sites excluding steroid dienone is 2. The second-order valence-electron chi connectivity index (χ2n) is 10.4. The standard InChI is InChI=1S/C26H34O/c1-25-16-7-6-10-19(25)11-12-20-21-13-14-23(26(21,2)17-15-22(20)25)24(27)18-8-4-3-5-9-18/h3-5,7-9,16,19-23H,6,10-15,17H2,1-2H3/t19-,20-,21-,22-,23?,25-,26-/m0/s1. The van der Waals surface area contributed by atoms with Crippen LogP contribution in [0.3, 0.4) is 0 Å². The van der Waals surface area contributed by atoms with E-state index in [1.54, 1.807) is 0 Å². The van der Waals surface area contributed by atoms with Gasteiger partial charge in [-0.05, 0) is 85.9 Å². The van der Waals surface area contributed by atoms with Gasteiger partial charge in [0, 0.05) is 11.5 Å². The van der Waals surface area contributed by atoms with Crippen LogP contribution in [-0.4, -0.2) is 5.78 Å². The Balaban J connectivity index is 1.44. The summed E-state index contributed by atoms with van der Waals surface area (Å²) in [4.78, 5) is 13.3. The zero-order valence-corrected chi connectivity index (χ0v) is 17.0. The van der Waals surface area contributed by atoms with E-state index >= 15 is 0 Å². The van der Waals surface area contributed by atoms with Crippen LogP contribution in [0.4, 0.5) is 0 Å². The van der Waals surface area contributed by atoms with Crippen molar-refractivity contribution in [2.75, 3.05) is 0 Å². The van der Waals surface area contributed by atoms with Crippen LogP contribution in [0.15, 0.2) is 42.5 Å². The van der Waals surface area contributed by atoms with Gasteiger partial charge >= 0.3 is 0 Å². The number of Topliss-reactive ketones (excluding diaryl/α,β-unsaturated/α-hetero) is 1. The van der Waals surface area contributed by atoms with Crippen LogP contribution in [0.2, 0.25) is 0 Å². The van der Waals surface area contributed by atoms with Crippen LogP contribution < -0.4 is 0 Å². The quantitative estimate of drug-likeness (QED) is 0.423. The second-order valence-corrected chi connectivity index (χ2v) is 10.4. The summed E-state index contributed by atoms with van der Waals surface area (Å²) in [6, 6.07) is 10.1. The summed E-state index contributed by atoms with van der Waals surface area (Å²) in [5.74, 6) is 3.98. The molecule has 3 saturated carbocycles. The Morgan fingerprint density at radius 3 is 2.56 bits per heavy atom. The highest BCUT2D eigenvalue weighted by Gasteiger charge is 2.60. The van der Waals surface area contributed by atoms with Crippen LogP contribution in [0, 0.1) is 40.4 Å². The summed E-state index contributed by atoms with van der Waals surface area (Å²) < 4.78 is 0. The van der Waals surface area contributed by atoms with E-state index < -0.39 is 0 Å². The van der Waals surface area contributed by atoms with Crippen LogP contribution in [0.5, 0.6) is 0 Å². The number of benzene rings is 1. The molecule has 4 aliphatic rings. The molecular formula is C26H34O. The molecule has 0 spiro atoms. The first-order valence-corrected chi connectivity index (χ1v) is 11.3. The van der Waals surface area contributed by atoms with E-state index in [0.29, 0.717) is 11.2 Å². The van der Waals surface area contributed by atoms with E-state index in [-0.39, 0.29) is 11.3 Å². The van der Waals surface area contributed by atoms with Gasteiger partial charge in [0.15, 0.2) is 5.78 Å². The average molecular weight is 363 g/mol. The van der Waals surface area contributed by atoms with E-state index in [1.807, 2.05) is 30.3 Å². The van der Waals surface area contributed by atoms with Gasteiger partial charge in [-0.3, -0.25) is 4.79 Å². The van der Waals surface area contributed by atoms with Crippen LogP contribution in [0.25, 0.3) is 0 Å². The zero-order chi connectivity index (χ0) is 18.6. The summed E-state index contributed by atoms with van der Waals surface area (Å²) in [7, 11) is 0. The van der Waals surface area contributed by atoms with E-state index in [0.717, 1.165) is 35.7 Å². The molecule has 0 saturated heterocycles. The minimum absolute atomic E-state index is 0.218. The van der Waals surface area contributed by atoms with Gasteiger partial charge < -0.3 is 0 Å². The van der Waals surface area contributed by atoms with Crippen molar-refractivity contribution in [3.8, 4) is 0 Å². The number of carbonyl (C=O) groups is 1. The molecule has 3 fully saturated rings. The molecule has 7 atom stereocenters. The molecule has 0 heterocycles. The Labute approximate surface area is 164 Å². The predicted octanol–water partition coefficient (Wildman–Crippen LogP) is 6.69. The minimum atomic E-state index is 0.218. The highest BCUT2D eigenvalue weighted by atomic mass is 16.1. The Morgan fingerprint density at radius 1 is 0.926 bits per heavy atom. The molecule has 144 valence electrons. The van der Waals surface area contributed by atoms with Gasteiger partial charge in [0.1, 0.15) is 0 Å². The molecule has 27 heavy (non-hydrogen) atoms. The lowest BCUT2D eigenvalue weighted by molar-refractivity contribution is -0.0753. The zero-order valence-electron chi connectivity index (χ0n) is 17.0. The molecule has 1 aromatic carbocycles. The van der Waals surface area contributed by atoms with Crippen molar-refractivity contribution >= 4 is 5.78 Å². The normalized spacial score (nSPS) is 45.6. The first-order chi connectivity index (χ1) is 13.0. The molecule has 0 aromatic heterocycles. The first-order valence-electron chi connectivity index (χ1n) is 11.3. The summed E-state index contributed by atoms with van der Waals surface area (Å²) in [6.07, 6.45) is 15.5. The maximum Gasteiger partial charge on any atom is 0.166 e. The third-order valence-electron chi connectivity index (χ3n) is 9.50. The van der Waals surface area contributed by atoms with Crippen molar-refractivity contribution in [1.82, 2.24) is 0 Å². The highest BCUT2D eigenvalue weighted by Crippen LogP contribution is 2.66. The maximum atomic E-state index is 13.3. The summed E-state index contributed by atoms with van der Waals surface area (Å²) in [5.41, 5.74) is 1.57. The lowest BCUT2D eigenvalue weighted by Crippen LogP contribution is -2.52. The molecule has 0 N–H and O–H groups in total. The highest BCUT2D eigenvalue weighted by molar-refractivity contribution is 5.98. The summed E-state index contributed by atoms with van der Waals surface area (Å²) in [6.45, 7) is 5.03. The fourth-order valence-electron chi connectivity index (χ4n) is 8.05. The smallest absolute Gasteiger partial charge is 0.166 e. The topological polar surface area (TPSA) is 17.1 Å². The number of hydrogen-bond acceptors (Lipinski definition) is 1. The number of carbonyl (C=O) groups excluding carboxylic acids is 1. The van der Waals surface area contributed by atoms with Crippen LogP contribution in [-0.2, 0) is 0 Å². The van der Waals surface area contributed by atoms with Crippen molar-refractivity contribution in [1.29, 1.82) is 0 Å². The van der Waals surface area contributed by atoms with Gasteiger partial charge in [0.05, 0.1) is 0 Å². The minimum Gasteiger partial charge on any atom is -0.294 e. The molecule has 0 radical (unpaired) electrons. The maximum absolute atomic E-state index is 13.3.